The van der Waals surface area contributed by atoms with Gasteiger partial charge in [0, 0.05) is 6.42 Å². The molecule has 75 heavy (non-hydrogen) atoms. The van der Waals surface area contributed by atoms with Crippen LogP contribution in [0, 0.1) is 0 Å². The largest absolute Gasteiger partial charge is 0.472 e. The van der Waals surface area contributed by atoms with Gasteiger partial charge in [0.05, 0.1) is 39.9 Å². The Kier molecular flexibility index (Phi) is 55.1. The smallest absolute Gasteiger partial charge is 0.391 e. The van der Waals surface area contributed by atoms with Crippen molar-refractivity contribution in [1.82, 2.24) is 5.32 Å². The SMILES string of the molecule is CC/C=C\C/C=C\C/C=C\C/C=C\C/C=C\C/C=C\CCCCCCCCCCC(=O)NC(COP(=O)(O)OCC[N+](C)(C)C)C(O)CCCCCCCCCCCCCCCCCCCCCCCCCCCC. The van der Waals surface area contributed by atoms with Crippen molar-refractivity contribution in [3.63, 3.8) is 0 Å². The molecule has 0 bridgehead atoms. The number of amides is 1. The lowest BCUT2D eigenvalue weighted by Gasteiger charge is -2.26. The molecule has 0 aliphatic heterocycles. The monoisotopic (exact) mass is 1070 g/mol. The normalized spacial score (nSPS) is 14.3. The molecule has 3 unspecified atom stereocenters. The maximum absolute atomic E-state index is 13.0. The second-order valence-corrected chi connectivity index (χ2v) is 24.2. The number of likely N-dealkylation sites (N-methyl/N-ethyl adjacent to an activating group) is 1. The number of quaternary nitrogens is 1. The van der Waals surface area contributed by atoms with Gasteiger partial charge < -0.3 is 19.8 Å². The average Bonchev–Trinajstić information content (AvgIpc) is 3.37. The summed E-state index contributed by atoms with van der Waals surface area (Å²) < 4.78 is 23.8. The van der Waals surface area contributed by atoms with Gasteiger partial charge in [-0.2, -0.15) is 0 Å². The van der Waals surface area contributed by atoms with E-state index in [1.807, 2.05) is 21.1 Å². The van der Waals surface area contributed by atoms with Gasteiger partial charge in [0.15, 0.2) is 0 Å². The number of unbranched alkanes of at least 4 members (excludes halogenated alkanes) is 33. The van der Waals surface area contributed by atoms with Gasteiger partial charge in [-0.25, -0.2) is 4.57 Å². The van der Waals surface area contributed by atoms with Gasteiger partial charge in [-0.15, -0.1) is 0 Å². The first-order chi connectivity index (χ1) is 36.5. The fraction of sp³-hybridized carbons (Fsp3) is 0.803. The molecule has 0 aliphatic rings. The van der Waals surface area contributed by atoms with Crippen LogP contribution in [0.1, 0.15) is 290 Å². The summed E-state index contributed by atoms with van der Waals surface area (Å²) in [5.41, 5.74) is 0. The van der Waals surface area contributed by atoms with E-state index in [1.54, 1.807) is 0 Å². The minimum atomic E-state index is -4.33. The Morgan fingerprint density at radius 2 is 0.800 bits per heavy atom. The Hall–Kier alpha value is -2.06. The summed E-state index contributed by atoms with van der Waals surface area (Å²) in [4.78, 5) is 23.4. The first-order valence-corrected chi connectivity index (χ1v) is 33.3. The molecule has 0 radical (unpaired) electrons. The van der Waals surface area contributed by atoms with Crippen LogP contribution in [0.5, 0.6) is 0 Å². The van der Waals surface area contributed by atoms with Gasteiger partial charge in [-0.3, -0.25) is 13.8 Å². The van der Waals surface area contributed by atoms with Crippen LogP contribution in [0.15, 0.2) is 72.9 Å². The molecule has 8 nitrogen and oxygen atoms in total. The number of carbonyl (C=O) groups is 1. The van der Waals surface area contributed by atoms with Crippen LogP contribution in [0.4, 0.5) is 0 Å². The third kappa shape index (κ3) is 59.4. The zero-order valence-corrected chi connectivity index (χ0v) is 50.9. The van der Waals surface area contributed by atoms with E-state index in [0.717, 1.165) is 83.5 Å². The van der Waals surface area contributed by atoms with Crippen molar-refractivity contribution in [3.8, 4) is 0 Å². The first-order valence-electron chi connectivity index (χ1n) is 31.8. The Morgan fingerprint density at radius 1 is 0.467 bits per heavy atom. The number of phosphoric ester groups is 1. The minimum absolute atomic E-state index is 0.0702. The Labute approximate surface area is 465 Å². The van der Waals surface area contributed by atoms with Crippen LogP contribution < -0.4 is 5.32 Å². The number of aliphatic hydroxyl groups excluding tert-OH is 1. The summed E-state index contributed by atoms with van der Waals surface area (Å²) in [6.07, 6.45) is 78.3. The third-order valence-electron chi connectivity index (χ3n) is 14.2. The van der Waals surface area contributed by atoms with E-state index in [2.05, 4.69) is 92.1 Å². The lowest BCUT2D eigenvalue weighted by molar-refractivity contribution is -0.870. The van der Waals surface area contributed by atoms with Crippen LogP contribution in [0.2, 0.25) is 0 Å². The van der Waals surface area contributed by atoms with E-state index in [0.29, 0.717) is 23.9 Å². The zero-order chi connectivity index (χ0) is 54.9. The van der Waals surface area contributed by atoms with Crippen molar-refractivity contribution < 1.29 is 32.9 Å². The van der Waals surface area contributed by atoms with E-state index >= 15 is 0 Å². The molecular formula is C66H124N2O6P+. The lowest BCUT2D eigenvalue weighted by Crippen LogP contribution is -2.46. The molecule has 1 amide bonds. The lowest BCUT2D eigenvalue weighted by atomic mass is 10.0. The van der Waals surface area contributed by atoms with E-state index in [1.165, 1.54) is 180 Å². The number of rotatable bonds is 58. The van der Waals surface area contributed by atoms with Crippen molar-refractivity contribution in [2.45, 2.75) is 302 Å². The first kappa shape index (κ1) is 72.9. The number of allylic oxidation sites excluding steroid dienone is 12. The highest BCUT2D eigenvalue weighted by Crippen LogP contribution is 2.43. The van der Waals surface area contributed by atoms with E-state index in [-0.39, 0.29) is 19.1 Å². The maximum Gasteiger partial charge on any atom is 0.472 e. The number of phosphoric acid groups is 1. The molecule has 0 saturated heterocycles. The van der Waals surface area contributed by atoms with Crippen molar-refractivity contribution in [2.75, 3.05) is 40.9 Å². The standard InChI is InChI=1S/C66H123N2O6P/c1-6-8-10-12-14-16-18-20-22-24-26-28-30-32-34-36-38-40-42-44-46-48-50-52-54-56-58-60-66(70)67-64(63-74-75(71,72)73-62-61-68(3,4)5)65(69)59-57-55-53-51-49-47-45-43-41-39-37-35-33-31-29-27-25-23-21-19-17-15-13-11-9-7-2/h8,10,14,16,20,22,26,28,32,34,38,40,64-65,69H,6-7,9,11-13,15,17-19,21,23-25,27,29-31,33,35-37,39,41-63H2,1-5H3,(H-,67,70,71,72)/p+1/b10-8-,16-14-,22-20-,28-26-,34-32-,40-38-. The molecule has 0 aromatic carbocycles. The quantitative estimate of drug-likeness (QED) is 0.0243. The topological polar surface area (TPSA) is 105 Å². The van der Waals surface area contributed by atoms with E-state index in [4.69, 9.17) is 9.05 Å². The predicted molar refractivity (Wildman–Crippen MR) is 327 cm³/mol. The van der Waals surface area contributed by atoms with Gasteiger partial charge in [-0.05, 0) is 64.2 Å². The van der Waals surface area contributed by atoms with Crippen molar-refractivity contribution in [3.05, 3.63) is 72.9 Å². The number of hydrogen-bond donors (Lipinski definition) is 3. The number of carbonyl (C=O) groups excluding carboxylic acids is 1. The van der Waals surface area contributed by atoms with Crippen LogP contribution >= 0.6 is 7.82 Å². The number of nitrogens with zero attached hydrogens (tertiary/aromatic N) is 1. The second-order valence-electron chi connectivity index (χ2n) is 22.8. The summed E-state index contributed by atoms with van der Waals surface area (Å²) in [7, 11) is 1.61. The predicted octanol–water partition coefficient (Wildman–Crippen LogP) is 19.8. The summed E-state index contributed by atoms with van der Waals surface area (Å²) in [6.45, 7) is 4.80. The molecule has 3 atom stereocenters. The Balaban J connectivity index is 4.15. The summed E-state index contributed by atoms with van der Waals surface area (Å²) in [6, 6.07) is -0.771. The van der Waals surface area contributed by atoms with Crippen LogP contribution in [-0.2, 0) is 18.4 Å². The van der Waals surface area contributed by atoms with Gasteiger partial charge >= 0.3 is 7.82 Å². The molecule has 0 spiro atoms. The molecule has 9 heteroatoms. The van der Waals surface area contributed by atoms with Gasteiger partial charge in [0.25, 0.3) is 0 Å². The molecule has 0 rings (SSSR count). The Bertz CT molecular complexity index is 1450. The van der Waals surface area contributed by atoms with Crippen LogP contribution in [0.3, 0.4) is 0 Å². The average molecular weight is 1070 g/mol. The van der Waals surface area contributed by atoms with Crippen LogP contribution in [0.25, 0.3) is 0 Å². The molecule has 0 saturated carbocycles. The zero-order valence-electron chi connectivity index (χ0n) is 50.0. The molecule has 438 valence electrons. The molecule has 0 heterocycles. The third-order valence-corrected chi connectivity index (χ3v) is 15.2. The van der Waals surface area contributed by atoms with E-state index in [9.17, 15) is 19.4 Å². The van der Waals surface area contributed by atoms with Gasteiger partial charge in [-0.1, -0.05) is 292 Å². The summed E-state index contributed by atoms with van der Waals surface area (Å²) in [5.74, 6) is -0.152. The fourth-order valence-electron chi connectivity index (χ4n) is 9.29. The molecule has 0 aliphatic carbocycles. The van der Waals surface area contributed by atoms with Crippen molar-refractivity contribution >= 4 is 13.7 Å². The highest BCUT2D eigenvalue weighted by atomic mass is 31.2. The fourth-order valence-corrected chi connectivity index (χ4v) is 10.0. The maximum atomic E-state index is 13.0. The van der Waals surface area contributed by atoms with Crippen LogP contribution in [-0.4, -0.2) is 73.4 Å². The number of hydrogen-bond acceptors (Lipinski definition) is 5. The molecule has 0 aromatic heterocycles. The molecule has 0 aromatic rings. The molecule has 3 N–H and O–H groups in total. The molecular weight excluding hydrogens is 948 g/mol. The van der Waals surface area contributed by atoms with E-state index < -0.39 is 20.0 Å². The van der Waals surface area contributed by atoms with Crippen molar-refractivity contribution in [2.24, 2.45) is 0 Å². The Morgan fingerprint density at radius 3 is 1.17 bits per heavy atom. The van der Waals surface area contributed by atoms with Crippen molar-refractivity contribution in [1.29, 1.82) is 0 Å². The highest BCUT2D eigenvalue weighted by molar-refractivity contribution is 7.47. The second kappa shape index (κ2) is 56.7. The van der Waals surface area contributed by atoms with Gasteiger partial charge in [0.1, 0.15) is 13.2 Å². The summed E-state index contributed by atoms with van der Waals surface area (Å²) in [5, 5.41) is 14.1. The van der Waals surface area contributed by atoms with Gasteiger partial charge in [0.2, 0.25) is 5.91 Å². The highest BCUT2D eigenvalue weighted by Gasteiger charge is 2.28. The number of aliphatic hydroxyl groups is 1. The molecule has 0 fully saturated rings. The number of nitrogens with one attached hydrogen (secondary N) is 1. The summed E-state index contributed by atoms with van der Waals surface area (Å²) >= 11 is 0. The minimum Gasteiger partial charge on any atom is -0.391 e.